The van der Waals surface area contributed by atoms with Gasteiger partial charge in [-0.15, -0.1) is 0 Å². The van der Waals surface area contributed by atoms with Crippen LogP contribution in [0.5, 0.6) is 0 Å². The highest BCUT2D eigenvalue weighted by atomic mass is 16.2. The SMILES string of the molecule is CNc1cncc(C2CCCN2C(=O)c2n[nH]c3ccccc23)n1. The number of rotatable bonds is 3. The number of hydrogen-bond donors (Lipinski definition) is 2. The fourth-order valence-electron chi connectivity index (χ4n) is 3.24. The average Bonchev–Trinajstić information content (AvgIpc) is 3.28. The van der Waals surface area contributed by atoms with Crippen molar-refractivity contribution in [2.45, 2.75) is 18.9 Å². The molecule has 0 spiro atoms. The highest BCUT2D eigenvalue weighted by molar-refractivity contribution is 6.04. The molecule has 1 saturated heterocycles. The molecule has 24 heavy (non-hydrogen) atoms. The normalized spacial score (nSPS) is 17.4. The Bertz CT molecular complexity index is 889. The minimum atomic E-state index is -0.0633. The maximum atomic E-state index is 13.0. The lowest BCUT2D eigenvalue weighted by atomic mass is 10.1. The van der Waals surface area contributed by atoms with Gasteiger partial charge in [-0.2, -0.15) is 5.10 Å². The molecule has 0 saturated carbocycles. The summed E-state index contributed by atoms with van der Waals surface area (Å²) >= 11 is 0. The Balaban J connectivity index is 1.68. The van der Waals surface area contributed by atoms with E-state index in [1.807, 2.05) is 29.2 Å². The van der Waals surface area contributed by atoms with Crippen molar-refractivity contribution in [2.75, 3.05) is 18.9 Å². The van der Waals surface area contributed by atoms with Gasteiger partial charge in [0.05, 0.1) is 29.6 Å². The molecule has 1 atom stereocenters. The molecule has 4 rings (SSSR count). The average molecular weight is 322 g/mol. The van der Waals surface area contributed by atoms with Crippen LogP contribution < -0.4 is 5.32 Å². The number of para-hydroxylation sites is 1. The third-order valence-corrected chi connectivity index (χ3v) is 4.44. The number of carbonyl (C=O) groups is 1. The van der Waals surface area contributed by atoms with Crippen LogP contribution in [0.2, 0.25) is 0 Å². The second kappa shape index (κ2) is 5.92. The summed E-state index contributed by atoms with van der Waals surface area (Å²) in [6.07, 6.45) is 5.24. The van der Waals surface area contributed by atoms with Crippen molar-refractivity contribution >= 4 is 22.6 Å². The Labute approximate surface area is 139 Å². The molecule has 7 heteroatoms. The summed E-state index contributed by atoms with van der Waals surface area (Å²) < 4.78 is 0. The highest BCUT2D eigenvalue weighted by Gasteiger charge is 2.33. The number of carbonyl (C=O) groups excluding carboxylic acids is 1. The van der Waals surface area contributed by atoms with Crippen molar-refractivity contribution < 1.29 is 4.79 Å². The molecule has 1 unspecified atom stereocenters. The number of H-pyrrole nitrogens is 1. The first kappa shape index (κ1) is 14.6. The third kappa shape index (κ3) is 2.38. The summed E-state index contributed by atoms with van der Waals surface area (Å²) in [5.74, 6) is 0.642. The van der Waals surface area contributed by atoms with E-state index in [4.69, 9.17) is 0 Å². The molecule has 0 bridgehead atoms. The molecule has 7 nitrogen and oxygen atoms in total. The van der Waals surface area contributed by atoms with Gasteiger partial charge in [0.1, 0.15) is 5.82 Å². The van der Waals surface area contributed by atoms with Gasteiger partial charge in [0, 0.05) is 19.0 Å². The number of nitrogens with zero attached hydrogens (tertiary/aromatic N) is 4. The first-order chi connectivity index (χ1) is 11.8. The van der Waals surface area contributed by atoms with E-state index in [1.54, 1.807) is 19.4 Å². The van der Waals surface area contributed by atoms with Gasteiger partial charge in [-0.3, -0.25) is 14.9 Å². The van der Waals surface area contributed by atoms with E-state index in [0.717, 1.165) is 29.4 Å². The molecule has 122 valence electrons. The zero-order valence-electron chi connectivity index (χ0n) is 13.4. The summed E-state index contributed by atoms with van der Waals surface area (Å²) in [5, 5.41) is 11.0. The van der Waals surface area contributed by atoms with E-state index in [1.165, 1.54) is 0 Å². The van der Waals surface area contributed by atoms with Crippen LogP contribution in [0.25, 0.3) is 10.9 Å². The van der Waals surface area contributed by atoms with Crippen LogP contribution in [0.4, 0.5) is 5.82 Å². The van der Waals surface area contributed by atoms with E-state index in [0.29, 0.717) is 18.1 Å². The van der Waals surface area contributed by atoms with Crippen molar-refractivity contribution in [1.29, 1.82) is 0 Å². The van der Waals surface area contributed by atoms with Crippen LogP contribution in [-0.2, 0) is 0 Å². The number of fused-ring (bicyclic) bond motifs is 1. The molecule has 1 aromatic carbocycles. The van der Waals surface area contributed by atoms with E-state index in [2.05, 4.69) is 25.5 Å². The Morgan fingerprint density at radius 2 is 2.21 bits per heavy atom. The van der Waals surface area contributed by atoms with E-state index >= 15 is 0 Å². The number of nitrogens with one attached hydrogen (secondary N) is 2. The van der Waals surface area contributed by atoms with Crippen molar-refractivity contribution in [1.82, 2.24) is 25.1 Å². The molecule has 2 aromatic heterocycles. The summed E-state index contributed by atoms with van der Waals surface area (Å²) in [6, 6.07) is 7.61. The van der Waals surface area contributed by atoms with Gasteiger partial charge < -0.3 is 10.2 Å². The molecule has 2 N–H and O–H groups in total. The topological polar surface area (TPSA) is 86.8 Å². The van der Waals surface area contributed by atoms with Gasteiger partial charge in [-0.1, -0.05) is 18.2 Å². The predicted molar refractivity (Wildman–Crippen MR) is 90.7 cm³/mol. The Hall–Kier alpha value is -2.96. The molecular formula is C17H18N6O. The van der Waals surface area contributed by atoms with E-state index < -0.39 is 0 Å². The first-order valence-corrected chi connectivity index (χ1v) is 8.01. The smallest absolute Gasteiger partial charge is 0.275 e. The first-order valence-electron chi connectivity index (χ1n) is 8.01. The predicted octanol–water partition coefficient (Wildman–Crippen LogP) is 2.37. The lowest BCUT2D eigenvalue weighted by Crippen LogP contribution is -2.31. The molecular weight excluding hydrogens is 304 g/mol. The summed E-state index contributed by atoms with van der Waals surface area (Å²) in [5.41, 5.74) is 2.15. The monoisotopic (exact) mass is 322 g/mol. The van der Waals surface area contributed by atoms with Gasteiger partial charge in [0.2, 0.25) is 0 Å². The largest absolute Gasteiger partial charge is 0.372 e. The number of aromatic nitrogens is 4. The minimum absolute atomic E-state index is 0.0613. The summed E-state index contributed by atoms with van der Waals surface area (Å²) in [6.45, 7) is 0.705. The van der Waals surface area contributed by atoms with Gasteiger partial charge in [0.25, 0.3) is 5.91 Å². The van der Waals surface area contributed by atoms with Crippen molar-refractivity contribution in [3.8, 4) is 0 Å². The summed E-state index contributed by atoms with van der Waals surface area (Å²) in [4.78, 5) is 23.7. The lowest BCUT2D eigenvalue weighted by Gasteiger charge is -2.23. The quantitative estimate of drug-likeness (QED) is 0.773. The van der Waals surface area contributed by atoms with Crippen molar-refractivity contribution in [2.24, 2.45) is 0 Å². The molecule has 3 heterocycles. The third-order valence-electron chi connectivity index (χ3n) is 4.44. The van der Waals surface area contributed by atoms with Crippen LogP contribution in [0, 0.1) is 0 Å². The van der Waals surface area contributed by atoms with Crippen LogP contribution >= 0.6 is 0 Å². The minimum Gasteiger partial charge on any atom is -0.372 e. The number of likely N-dealkylation sites (tertiary alicyclic amines) is 1. The number of aromatic amines is 1. The molecule has 0 aliphatic carbocycles. The highest BCUT2D eigenvalue weighted by Crippen LogP contribution is 2.33. The van der Waals surface area contributed by atoms with Crippen LogP contribution in [0.1, 0.15) is 35.1 Å². The second-order valence-corrected chi connectivity index (χ2v) is 5.85. The van der Waals surface area contributed by atoms with E-state index in [-0.39, 0.29) is 11.9 Å². The standard InChI is InChI=1S/C17H18N6O/c1-18-15-10-19-9-13(20-15)14-7-4-8-23(14)17(24)16-11-5-2-3-6-12(11)21-22-16/h2-3,5-6,9-10,14H,4,7-8H2,1H3,(H,18,20)(H,21,22). The fraction of sp³-hybridized carbons (Fsp3) is 0.294. The lowest BCUT2D eigenvalue weighted by molar-refractivity contribution is 0.0728. The molecule has 0 radical (unpaired) electrons. The van der Waals surface area contributed by atoms with Gasteiger partial charge in [0.15, 0.2) is 5.69 Å². The number of anilines is 1. The molecule has 1 aliphatic rings. The fourth-order valence-corrected chi connectivity index (χ4v) is 3.24. The van der Waals surface area contributed by atoms with Crippen molar-refractivity contribution in [3.05, 3.63) is 48.0 Å². The zero-order chi connectivity index (χ0) is 16.5. The number of benzene rings is 1. The van der Waals surface area contributed by atoms with Crippen molar-refractivity contribution in [3.63, 3.8) is 0 Å². The van der Waals surface area contributed by atoms with Crippen LogP contribution in [-0.4, -0.2) is 44.6 Å². The number of hydrogen-bond acceptors (Lipinski definition) is 5. The Morgan fingerprint density at radius 3 is 3.08 bits per heavy atom. The van der Waals surface area contributed by atoms with Crippen LogP contribution in [0.3, 0.4) is 0 Å². The summed E-state index contributed by atoms with van der Waals surface area (Å²) in [7, 11) is 1.81. The Morgan fingerprint density at radius 1 is 1.33 bits per heavy atom. The van der Waals surface area contributed by atoms with Gasteiger partial charge >= 0.3 is 0 Å². The number of amides is 1. The molecule has 1 fully saturated rings. The second-order valence-electron chi connectivity index (χ2n) is 5.85. The maximum Gasteiger partial charge on any atom is 0.275 e. The molecule has 1 aliphatic heterocycles. The zero-order valence-corrected chi connectivity index (χ0v) is 13.4. The molecule has 1 amide bonds. The maximum absolute atomic E-state index is 13.0. The molecule has 3 aromatic rings. The van der Waals surface area contributed by atoms with Gasteiger partial charge in [-0.25, -0.2) is 4.98 Å². The Kier molecular flexibility index (Phi) is 3.60. The van der Waals surface area contributed by atoms with E-state index in [9.17, 15) is 4.79 Å². The van der Waals surface area contributed by atoms with Gasteiger partial charge in [-0.05, 0) is 18.9 Å². The van der Waals surface area contributed by atoms with Crippen LogP contribution in [0.15, 0.2) is 36.7 Å².